The normalized spacial score (nSPS) is 18.3. The standard InChI is InChI=1S/C16H19F2NO/c17-16(18)20-14-9-7-13(8-10-14)15(11-19)12-5-3-1-2-4-6-12/h7-10,12,15-16H,1-6H2. The van der Waals surface area contributed by atoms with Crippen LogP contribution in [0, 0.1) is 17.2 Å². The molecule has 0 aliphatic heterocycles. The van der Waals surface area contributed by atoms with Crippen molar-refractivity contribution < 1.29 is 13.5 Å². The highest BCUT2D eigenvalue weighted by Gasteiger charge is 2.24. The van der Waals surface area contributed by atoms with Crippen LogP contribution >= 0.6 is 0 Å². The molecule has 0 saturated heterocycles. The number of ether oxygens (including phenoxy) is 1. The number of nitrogens with zero attached hydrogens (tertiary/aromatic N) is 1. The van der Waals surface area contributed by atoms with E-state index in [9.17, 15) is 14.0 Å². The zero-order valence-electron chi connectivity index (χ0n) is 11.4. The molecule has 0 heterocycles. The van der Waals surface area contributed by atoms with Crippen molar-refractivity contribution in [3.63, 3.8) is 0 Å². The van der Waals surface area contributed by atoms with Crippen molar-refractivity contribution in [2.24, 2.45) is 5.92 Å². The predicted octanol–water partition coefficient (Wildman–Crippen LogP) is 4.87. The monoisotopic (exact) mass is 279 g/mol. The Bertz CT molecular complexity index is 445. The molecule has 20 heavy (non-hydrogen) atoms. The van der Waals surface area contributed by atoms with E-state index in [0.717, 1.165) is 18.4 Å². The largest absolute Gasteiger partial charge is 0.435 e. The zero-order valence-corrected chi connectivity index (χ0v) is 11.4. The van der Waals surface area contributed by atoms with Crippen molar-refractivity contribution in [2.45, 2.75) is 51.1 Å². The van der Waals surface area contributed by atoms with Gasteiger partial charge in [-0.3, -0.25) is 0 Å². The van der Waals surface area contributed by atoms with Gasteiger partial charge >= 0.3 is 6.61 Å². The molecule has 1 unspecified atom stereocenters. The highest BCUT2D eigenvalue weighted by Crippen LogP contribution is 2.35. The molecule has 108 valence electrons. The number of rotatable bonds is 4. The molecule has 1 aromatic carbocycles. The first-order valence-electron chi connectivity index (χ1n) is 7.15. The molecule has 0 amide bonds. The topological polar surface area (TPSA) is 33.0 Å². The molecular weight excluding hydrogens is 260 g/mol. The fourth-order valence-corrected chi connectivity index (χ4v) is 2.95. The van der Waals surface area contributed by atoms with E-state index in [1.807, 2.05) is 0 Å². The van der Waals surface area contributed by atoms with Gasteiger partial charge in [-0.1, -0.05) is 37.8 Å². The molecule has 1 aromatic rings. The Kier molecular flexibility index (Phi) is 5.34. The van der Waals surface area contributed by atoms with Crippen LogP contribution in [-0.4, -0.2) is 6.61 Å². The third-order valence-corrected chi connectivity index (χ3v) is 3.97. The fourth-order valence-electron chi connectivity index (χ4n) is 2.95. The molecule has 1 atom stereocenters. The number of alkyl halides is 2. The Balaban J connectivity index is 2.08. The molecule has 4 heteroatoms. The van der Waals surface area contributed by atoms with Crippen molar-refractivity contribution in [2.75, 3.05) is 0 Å². The second-order valence-corrected chi connectivity index (χ2v) is 5.31. The van der Waals surface area contributed by atoms with E-state index in [1.54, 1.807) is 12.1 Å². The fraction of sp³-hybridized carbons (Fsp3) is 0.562. The summed E-state index contributed by atoms with van der Waals surface area (Å²) in [5, 5.41) is 9.44. The molecule has 0 radical (unpaired) electrons. The minimum Gasteiger partial charge on any atom is -0.435 e. The number of hydrogen-bond acceptors (Lipinski definition) is 2. The summed E-state index contributed by atoms with van der Waals surface area (Å²) in [5.74, 6) is 0.374. The average Bonchev–Trinajstić information content (AvgIpc) is 2.70. The molecule has 1 saturated carbocycles. The van der Waals surface area contributed by atoms with Gasteiger partial charge in [0.25, 0.3) is 0 Å². The molecular formula is C16H19F2NO. The van der Waals surface area contributed by atoms with Crippen LogP contribution in [0.15, 0.2) is 24.3 Å². The van der Waals surface area contributed by atoms with Crippen LogP contribution in [0.5, 0.6) is 5.75 Å². The first-order valence-corrected chi connectivity index (χ1v) is 7.15. The molecule has 1 fully saturated rings. The van der Waals surface area contributed by atoms with E-state index in [-0.39, 0.29) is 11.7 Å². The van der Waals surface area contributed by atoms with Gasteiger partial charge in [0.05, 0.1) is 12.0 Å². The summed E-state index contributed by atoms with van der Waals surface area (Å²) in [4.78, 5) is 0. The Labute approximate surface area is 118 Å². The lowest BCUT2D eigenvalue weighted by molar-refractivity contribution is -0.0498. The van der Waals surface area contributed by atoms with Crippen LogP contribution in [0.3, 0.4) is 0 Å². The Hall–Kier alpha value is -1.63. The van der Waals surface area contributed by atoms with Crippen molar-refractivity contribution >= 4 is 0 Å². The van der Waals surface area contributed by atoms with E-state index >= 15 is 0 Å². The van der Waals surface area contributed by atoms with E-state index in [0.29, 0.717) is 5.92 Å². The van der Waals surface area contributed by atoms with Gasteiger partial charge < -0.3 is 4.74 Å². The minimum absolute atomic E-state index is 0.140. The molecule has 0 bridgehead atoms. The van der Waals surface area contributed by atoms with Gasteiger partial charge in [-0.2, -0.15) is 14.0 Å². The van der Waals surface area contributed by atoms with Crippen LogP contribution in [-0.2, 0) is 0 Å². The van der Waals surface area contributed by atoms with Gasteiger partial charge in [0.1, 0.15) is 5.75 Å². The second kappa shape index (κ2) is 7.23. The summed E-state index contributed by atoms with van der Waals surface area (Å²) in [6, 6.07) is 8.89. The van der Waals surface area contributed by atoms with Crippen LogP contribution in [0.4, 0.5) is 8.78 Å². The number of nitriles is 1. The third-order valence-electron chi connectivity index (χ3n) is 3.97. The Morgan fingerprint density at radius 3 is 2.15 bits per heavy atom. The Morgan fingerprint density at radius 2 is 1.65 bits per heavy atom. The molecule has 0 aromatic heterocycles. The lowest BCUT2D eigenvalue weighted by Gasteiger charge is -2.20. The van der Waals surface area contributed by atoms with Crippen molar-refractivity contribution in [1.82, 2.24) is 0 Å². The maximum atomic E-state index is 12.1. The van der Waals surface area contributed by atoms with Crippen molar-refractivity contribution in [3.8, 4) is 11.8 Å². The summed E-state index contributed by atoms with van der Waals surface area (Å²) in [5.41, 5.74) is 0.904. The highest BCUT2D eigenvalue weighted by molar-refractivity contribution is 5.32. The molecule has 0 N–H and O–H groups in total. The molecule has 1 aliphatic carbocycles. The SMILES string of the molecule is N#CC(c1ccc(OC(F)F)cc1)C1CCCCCC1. The van der Waals surface area contributed by atoms with E-state index in [4.69, 9.17) is 0 Å². The van der Waals surface area contributed by atoms with E-state index in [1.165, 1.54) is 37.8 Å². The first-order chi connectivity index (χ1) is 9.70. The number of halogens is 2. The zero-order chi connectivity index (χ0) is 14.4. The smallest absolute Gasteiger partial charge is 0.387 e. The van der Waals surface area contributed by atoms with Crippen LogP contribution < -0.4 is 4.74 Å². The quantitative estimate of drug-likeness (QED) is 0.737. The Morgan fingerprint density at radius 1 is 1.05 bits per heavy atom. The van der Waals surface area contributed by atoms with Gasteiger partial charge in [-0.15, -0.1) is 0 Å². The number of hydrogen-bond donors (Lipinski definition) is 0. The summed E-state index contributed by atoms with van der Waals surface area (Å²) in [6.45, 7) is -2.81. The van der Waals surface area contributed by atoms with E-state index < -0.39 is 6.61 Å². The molecule has 1 aliphatic rings. The summed E-state index contributed by atoms with van der Waals surface area (Å²) in [7, 11) is 0. The maximum Gasteiger partial charge on any atom is 0.387 e. The van der Waals surface area contributed by atoms with Crippen molar-refractivity contribution in [3.05, 3.63) is 29.8 Å². The summed E-state index contributed by atoms with van der Waals surface area (Å²) < 4.78 is 28.5. The van der Waals surface area contributed by atoms with Gasteiger partial charge in [0.2, 0.25) is 0 Å². The van der Waals surface area contributed by atoms with Crippen molar-refractivity contribution in [1.29, 1.82) is 5.26 Å². The predicted molar refractivity (Wildman–Crippen MR) is 72.6 cm³/mol. The second-order valence-electron chi connectivity index (χ2n) is 5.31. The van der Waals surface area contributed by atoms with Crippen LogP contribution in [0.25, 0.3) is 0 Å². The van der Waals surface area contributed by atoms with Crippen LogP contribution in [0.1, 0.15) is 50.0 Å². The van der Waals surface area contributed by atoms with Gasteiger partial charge in [0.15, 0.2) is 0 Å². The van der Waals surface area contributed by atoms with Crippen LogP contribution in [0.2, 0.25) is 0 Å². The summed E-state index contributed by atoms with van der Waals surface area (Å²) in [6.07, 6.45) is 7.00. The maximum absolute atomic E-state index is 12.1. The highest BCUT2D eigenvalue weighted by atomic mass is 19.3. The summed E-state index contributed by atoms with van der Waals surface area (Å²) >= 11 is 0. The number of benzene rings is 1. The molecule has 2 nitrogen and oxygen atoms in total. The van der Waals surface area contributed by atoms with Gasteiger partial charge in [0, 0.05) is 0 Å². The molecule has 2 rings (SSSR count). The first kappa shape index (κ1) is 14.8. The van der Waals surface area contributed by atoms with Gasteiger partial charge in [-0.25, -0.2) is 0 Å². The average molecular weight is 279 g/mol. The minimum atomic E-state index is -2.81. The van der Waals surface area contributed by atoms with E-state index in [2.05, 4.69) is 10.8 Å². The third kappa shape index (κ3) is 3.93. The lowest BCUT2D eigenvalue weighted by Crippen LogP contribution is -2.11. The van der Waals surface area contributed by atoms with Gasteiger partial charge in [-0.05, 0) is 36.5 Å². The molecule has 0 spiro atoms. The lowest BCUT2D eigenvalue weighted by atomic mass is 9.82.